The van der Waals surface area contributed by atoms with Gasteiger partial charge in [0.05, 0.1) is 6.04 Å². The summed E-state index contributed by atoms with van der Waals surface area (Å²) in [4.78, 5) is 4.39. The summed E-state index contributed by atoms with van der Waals surface area (Å²) in [5, 5.41) is 10.6. The predicted octanol–water partition coefficient (Wildman–Crippen LogP) is 1.03. The highest BCUT2D eigenvalue weighted by molar-refractivity contribution is 4.94. The number of hydrogen-bond donors (Lipinski definition) is 2. The second kappa shape index (κ2) is 5.41. The SMILES string of the molecule is CNC(C)c1nc(CC2CCCCN2)no1. The topological polar surface area (TPSA) is 63.0 Å². The van der Waals surface area contributed by atoms with Gasteiger partial charge in [-0.3, -0.25) is 0 Å². The minimum Gasteiger partial charge on any atom is -0.338 e. The molecule has 1 aromatic heterocycles. The number of rotatable bonds is 4. The van der Waals surface area contributed by atoms with Gasteiger partial charge in [0.15, 0.2) is 5.82 Å². The highest BCUT2D eigenvalue weighted by Crippen LogP contribution is 2.13. The molecule has 0 spiro atoms. The number of piperidine rings is 1. The molecule has 1 fully saturated rings. The van der Waals surface area contributed by atoms with E-state index < -0.39 is 0 Å². The average molecular weight is 224 g/mol. The van der Waals surface area contributed by atoms with E-state index in [-0.39, 0.29) is 6.04 Å². The second-order valence-electron chi connectivity index (χ2n) is 4.41. The molecule has 1 aromatic rings. The van der Waals surface area contributed by atoms with Gasteiger partial charge >= 0.3 is 0 Å². The lowest BCUT2D eigenvalue weighted by Gasteiger charge is -2.21. The summed E-state index contributed by atoms with van der Waals surface area (Å²) in [6.07, 6.45) is 4.67. The third kappa shape index (κ3) is 2.80. The van der Waals surface area contributed by atoms with E-state index in [1.165, 1.54) is 19.3 Å². The first-order chi connectivity index (χ1) is 7.79. The van der Waals surface area contributed by atoms with Gasteiger partial charge in [-0.25, -0.2) is 0 Å². The van der Waals surface area contributed by atoms with Crippen LogP contribution in [0.3, 0.4) is 0 Å². The molecule has 0 radical (unpaired) electrons. The lowest BCUT2D eigenvalue weighted by molar-refractivity contribution is 0.338. The quantitative estimate of drug-likeness (QED) is 0.800. The smallest absolute Gasteiger partial charge is 0.243 e. The maximum absolute atomic E-state index is 5.21. The maximum atomic E-state index is 5.21. The molecule has 1 aliphatic heterocycles. The molecule has 0 aliphatic carbocycles. The second-order valence-corrected chi connectivity index (χ2v) is 4.41. The molecule has 16 heavy (non-hydrogen) atoms. The molecule has 0 amide bonds. The van der Waals surface area contributed by atoms with Crippen LogP contribution in [-0.2, 0) is 6.42 Å². The molecule has 1 saturated heterocycles. The van der Waals surface area contributed by atoms with Crippen LogP contribution in [0.4, 0.5) is 0 Å². The summed E-state index contributed by atoms with van der Waals surface area (Å²) < 4.78 is 5.21. The van der Waals surface area contributed by atoms with E-state index in [1.54, 1.807) is 0 Å². The van der Waals surface area contributed by atoms with Crippen molar-refractivity contribution in [2.75, 3.05) is 13.6 Å². The van der Waals surface area contributed by atoms with Gasteiger partial charge in [0.25, 0.3) is 0 Å². The lowest BCUT2D eigenvalue weighted by atomic mass is 10.0. The third-order valence-corrected chi connectivity index (χ3v) is 3.13. The van der Waals surface area contributed by atoms with E-state index in [4.69, 9.17) is 4.52 Å². The molecule has 2 heterocycles. The van der Waals surface area contributed by atoms with Gasteiger partial charge in [0.1, 0.15) is 0 Å². The Balaban J connectivity index is 1.91. The Kier molecular flexibility index (Phi) is 3.90. The number of hydrogen-bond acceptors (Lipinski definition) is 5. The van der Waals surface area contributed by atoms with E-state index >= 15 is 0 Å². The van der Waals surface area contributed by atoms with Gasteiger partial charge in [-0.2, -0.15) is 4.98 Å². The summed E-state index contributed by atoms with van der Waals surface area (Å²) in [5.41, 5.74) is 0. The molecule has 2 N–H and O–H groups in total. The Morgan fingerprint density at radius 3 is 3.12 bits per heavy atom. The Morgan fingerprint density at radius 1 is 1.56 bits per heavy atom. The molecule has 2 unspecified atom stereocenters. The van der Waals surface area contributed by atoms with Gasteiger partial charge in [0.2, 0.25) is 5.89 Å². The molecule has 90 valence electrons. The molecule has 0 bridgehead atoms. The monoisotopic (exact) mass is 224 g/mol. The molecule has 1 aliphatic rings. The first-order valence-corrected chi connectivity index (χ1v) is 6.02. The van der Waals surface area contributed by atoms with E-state index in [0.717, 1.165) is 18.8 Å². The summed E-state index contributed by atoms with van der Waals surface area (Å²) in [6, 6.07) is 0.643. The highest BCUT2D eigenvalue weighted by atomic mass is 16.5. The van der Waals surface area contributed by atoms with Gasteiger partial charge in [-0.1, -0.05) is 11.6 Å². The lowest BCUT2D eigenvalue weighted by Crippen LogP contribution is -2.35. The first-order valence-electron chi connectivity index (χ1n) is 6.02. The van der Waals surface area contributed by atoms with Crippen LogP contribution in [0.25, 0.3) is 0 Å². The van der Waals surface area contributed by atoms with Crippen LogP contribution in [0.2, 0.25) is 0 Å². The standard InChI is InChI=1S/C11H20N4O/c1-8(12-2)11-14-10(15-16-11)7-9-5-3-4-6-13-9/h8-9,12-13H,3-7H2,1-2H3. The summed E-state index contributed by atoms with van der Waals surface area (Å²) in [6.45, 7) is 3.12. The maximum Gasteiger partial charge on any atom is 0.243 e. The van der Waals surface area contributed by atoms with Gasteiger partial charge in [-0.15, -0.1) is 0 Å². The van der Waals surface area contributed by atoms with Crippen LogP contribution in [0, 0.1) is 0 Å². The van der Waals surface area contributed by atoms with E-state index in [2.05, 4.69) is 20.8 Å². The van der Waals surface area contributed by atoms with Crippen molar-refractivity contribution in [3.05, 3.63) is 11.7 Å². The van der Waals surface area contributed by atoms with Crippen LogP contribution < -0.4 is 10.6 Å². The normalized spacial score (nSPS) is 23.2. The van der Waals surface area contributed by atoms with Crippen molar-refractivity contribution in [1.29, 1.82) is 0 Å². The van der Waals surface area contributed by atoms with Gasteiger partial charge < -0.3 is 15.2 Å². The van der Waals surface area contributed by atoms with Crippen molar-refractivity contribution in [1.82, 2.24) is 20.8 Å². The summed E-state index contributed by atoms with van der Waals surface area (Å²) in [7, 11) is 1.89. The fourth-order valence-electron chi connectivity index (χ4n) is 1.97. The van der Waals surface area contributed by atoms with Crippen LogP contribution in [0.5, 0.6) is 0 Å². The summed E-state index contributed by atoms with van der Waals surface area (Å²) >= 11 is 0. The van der Waals surface area contributed by atoms with Crippen molar-refractivity contribution in [2.45, 2.75) is 44.7 Å². The zero-order chi connectivity index (χ0) is 11.4. The number of aromatic nitrogens is 2. The minimum absolute atomic E-state index is 0.126. The molecular weight excluding hydrogens is 204 g/mol. The van der Waals surface area contributed by atoms with E-state index in [0.29, 0.717) is 11.9 Å². The van der Waals surface area contributed by atoms with Crippen molar-refractivity contribution in [3.63, 3.8) is 0 Å². The first kappa shape index (κ1) is 11.5. The van der Waals surface area contributed by atoms with Gasteiger partial charge in [-0.05, 0) is 33.4 Å². The van der Waals surface area contributed by atoms with E-state index in [9.17, 15) is 0 Å². The molecule has 0 aromatic carbocycles. The molecule has 2 atom stereocenters. The third-order valence-electron chi connectivity index (χ3n) is 3.13. The van der Waals surface area contributed by atoms with Crippen LogP contribution in [-0.4, -0.2) is 29.8 Å². The Labute approximate surface area is 96.0 Å². The minimum atomic E-state index is 0.126. The molecule has 0 saturated carbocycles. The van der Waals surface area contributed by atoms with Crippen molar-refractivity contribution in [2.24, 2.45) is 0 Å². The average Bonchev–Trinajstić information content (AvgIpc) is 2.78. The van der Waals surface area contributed by atoms with Crippen molar-refractivity contribution < 1.29 is 4.52 Å². The van der Waals surface area contributed by atoms with Crippen LogP contribution >= 0.6 is 0 Å². The van der Waals surface area contributed by atoms with Crippen LogP contribution in [0.15, 0.2) is 4.52 Å². The Morgan fingerprint density at radius 2 is 2.44 bits per heavy atom. The predicted molar refractivity (Wildman–Crippen MR) is 61.1 cm³/mol. The number of nitrogens with one attached hydrogen (secondary N) is 2. The van der Waals surface area contributed by atoms with Crippen LogP contribution in [0.1, 0.15) is 43.9 Å². The fraction of sp³-hybridized carbons (Fsp3) is 0.818. The fourth-order valence-corrected chi connectivity index (χ4v) is 1.97. The molecule has 5 heteroatoms. The summed E-state index contributed by atoms with van der Waals surface area (Å²) in [5.74, 6) is 1.49. The molecule has 5 nitrogen and oxygen atoms in total. The van der Waals surface area contributed by atoms with Gasteiger partial charge in [0, 0.05) is 12.5 Å². The number of nitrogens with zero attached hydrogens (tertiary/aromatic N) is 2. The zero-order valence-corrected chi connectivity index (χ0v) is 9.99. The molecule has 2 rings (SSSR count). The van der Waals surface area contributed by atoms with Crippen molar-refractivity contribution in [3.8, 4) is 0 Å². The van der Waals surface area contributed by atoms with Crippen molar-refractivity contribution >= 4 is 0 Å². The van der Waals surface area contributed by atoms with E-state index in [1.807, 2.05) is 14.0 Å². The Bertz CT molecular complexity index is 320. The Hall–Kier alpha value is -0.940. The molecular formula is C11H20N4O. The highest BCUT2D eigenvalue weighted by Gasteiger charge is 2.17. The zero-order valence-electron chi connectivity index (χ0n) is 9.99. The largest absolute Gasteiger partial charge is 0.338 e.